The lowest BCUT2D eigenvalue weighted by Gasteiger charge is -2.38. The van der Waals surface area contributed by atoms with Gasteiger partial charge in [-0.2, -0.15) is 13.2 Å². The first-order valence-electron chi connectivity index (χ1n) is 14.6. The molecule has 1 atom stereocenters. The number of pyridine rings is 1. The second kappa shape index (κ2) is 10.5. The molecule has 6 rings (SSSR count). The maximum atomic E-state index is 14.3. The number of aryl methyl sites for hydroxylation is 1. The third-order valence-corrected chi connectivity index (χ3v) is 8.91. The van der Waals surface area contributed by atoms with E-state index < -0.39 is 17.4 Å². The summed E-state index contributed by atoms with van der Waals surface area (Å²) < 4.78 is 47.5. The van der Waals surface area contributed by atoms with Crippen molar-refractivity contribution in [3.8, 4) is 5.69 Å². The summed E-state index contributed by atoms with van der Waals surface area (Å²) in [7, 11) is 0. The third kappa shape index (κ3) is 5.34. The second-order valence-corrected chi connectivity index (χ2v) is 12.5. The molecular formula is C31H37F3N6O. The van der Waals surface area contributed by atoms with E-state index in [1.807, 2.05) is 29.7 Å². The minimum atomic E-state index is -4.59. The van der Waals surface area contributed by atoms with E-state index in [0.29, 0.717) is 23.7 Å². The lowest BCUT2D eigenvalue weighted by atomic mass is 9.72. The highest BCUT2D eigenvalue weighted by Crippen LogP contribution is 2.43. The highest BCUT2D eigenvalue weighted by Gasteiger charge is 2.36. The van der Waals surface area contributed by atoms with Crippen molar-refractivity contribution in [3.63, 3.8) is 0 Å². The molecule has 0 amide bonds. The Bertz CT molecular complexity index is 1610. The SMILES string of the molecule is CCn1cnnc1[C@H](c1cccc(-n2cc3c(C(F)(F)F)cc(CN4CCCC(C)(C)C4)cn3c2=O)c1)C1CCC1. The van der Waals surface area contributed by atoms with Crippen LogP contribution in [0, 0.1) is 11.3 Å². The molecule has 1 aliphatic heterocycles. The van der Waals surface area contributed by atoms with E-state index in [1.165, 1.54) is 16.8 Å². The molecule has 0 unspecified atom stereocenters. The lowest BCUT2D eigenvalue weighted by Crippen LogP contribution is -2.39. The number of nitrogens with zero attached hydrogens (tertiary/aromatic N) is 6. The van der Waals surface area contributed by atoms with E-state index in [9.17, 15) is 18.0 Å². The van der Waals surface area contributed by atoms with Crippen LogP contribution in [0.4, 0.5) is 13.2 Å². The molecule has 4 aromatic rings. The first kappa shape index (κ1) is 27.8. The lowest BCUT2D eigenvalue weighted by molar-refractivity contribution is -0.136. The highest BCUT2D eigenvalue weighted by atomic mass is 19.4. The number of rotatable bonds is 7. The van der Waals surface area contributed by atoms with Gasteiger partial charge in [0, 0.05) is 37.9 Å². The van der Waals surface area contributed by atoms with Gasteiger partial charge < -0.3 is 4.57 Å². The largest absolute Gasteiger partial charge is 0.418 e. The normalized spacial score (nSPS) is 19.0. The molecule has 3 aromatic heterocycles. The number of likely N-dealkylation sites (tertiary alicyclic amines) is 1. The minimum Gasteiger partial charge on any atom is -0.317 e. The van der Waals surface area contributed by atoms with Crippen LogP contribution in [0.1, 0.15) is 81.3 Å². The highest BCUT2D eigenvalue weighted by molar-refractivity contribution is 5.58. The van der Waals surface area contributed by atoms with Crippen LogP contribution in [-0.4, -0.2) is 41.7 Å². The molecule has 0 N–H and O–H groups in total. The fourth-order valence-corrected chi connectivity index (χ4v) is 6.70. The van der Waals surface area contributed by atoms with Gasteiger partial charge in [0.1, 0.15) is 12.2 Å². The van der Waals surface area contributed by atoms with Gasteiger partial charge >= 0.3 is 11.9 Å². The van der Waals surface area contributed by atoms with E-state index in [-0.39, 0.29) is 16.8 Å². The Hall–Kier alpha value is -3.40. The molecule has 7 nitrogen and oxygen atoms in total. The summed E-state index contributed by atoms with van der Waals surface area (Å²) in [4.78, 5) is 15.9. The molecular weight excluding hydrogens is 529 g/mol. The van der Waals surface area contributed by atoms with Gasteiger partial charge in [-0.3, -0.25) is 13.9 Å². The van der Waals surface area contributed by atoms with Crippen LogP contribution in [0.15, 0.2) is 53.8 Å². The van der Waals surface area contributed by atoms with Gasteiger partial charge in [0.25, 0.3) is 0 Å². The molecule has 0 radical (unpaired) electrons. The number of fused-ring (bicyclic) bond motifs is 1. The van der Waals surface area contributed by atoms with E-state index in [2.05, 4.69) is 28.9 Å². The van der Waals surface area contributed by atoms with Crippen molar-refractivity contribution in [2.75, 3.05) is 13.1 Å². The van der Waals surface area contributed by atoms with Crippen molar-refractivity contribution < 1.29 is 13.2 Å². The number of aromatic nitrogens is 5. The van der Waals surface area contributed by atoms with Crippen molar-refractivity contribution in [1.82, 2.24) is 28.6 Å². The summed E-state index contributed by atoms with van der Waals surface area (Å²) >= 11 is 0. The standard InChI is InChI=1S/C31H37F3N6O/c1-4-38-20-35-36-28(38)27(22-8-5-9-22)23-10-6-11-24(15-23)39-18-26-25(31(32,33)34)14-21(17-40(26)29(39)41)16-37-13-7-12-30(2,3)19-37/h6,10-11,14-15,17-18,20,22,27H,4-5,7-9,12-13,16,19H2,1-3H3/t27-/m0/s1. The second-order valence-electron chi connectivity index (χ2n) is 12.5. The number of benzene rings is 1. The average molecular weight is 567 g/mol. The predicted molar refractivity (Wildman–Crippen MR) is 151 cm³/mol. The zero-order chi connectivity index (χ0) is 28.9. The van der Waals surface area contributed by atoms with E-state index >= 15 is 0 Å². The molecule has 0 spiro atoms. The maximum absolute atomic E-state index is 14.3. The summed E-state index contributed by atoms with van der Waals surface area (Å²) in [5.41, 5.74) is 0.679. The molecule has 41 heavy (non-hydrogen) atoms. The monoisotopic (exact) mass is 566 g/mol. The van der Waals surface area contributed by atoms with E-state index in [0.717, 1.165) is 67.5 Å². The van der Waals surface area contributed by atoms with Gasteiger partial charge in [-0.1, -0.05) is 32.4 Å². The van der Waals surface area contributed by atoms with Gasteiger partial charge in [-0.05, 0) is 79.8 Å². The number of alkyl halides is 3. The van der Waals surface area contributed by atoms with Crippen molar-refractivity contribution in [3.05, 3.63) is 82.1 Å². The molecule has 218 valence electrons. The number of halogens is 3. The Morgan fingerprint density at radius 1 is 1.12 bits per heavy atom. The van der Waals surface area contributed by atoms with Crippen LogP contribution in [0.3, 0.4) is 0 Å². The number of imidazole rings is 1. The van der Waals surface area contributed by atoms with Gasteiger partial charge in [0.15, 0.2) is 0 Å². The predicted octanol–water partition coefficient (Wildman–Crippen LogP) is 6.27. The van der Waals surface area contributed by atoms with Crippen molar-refractivity contribution >= 4 is 5.52 Å². The van der Waals surface area contributed by atoms with Gasteiger partial charge in [-0.15, -0.1) is 10.2 Å². The number of piperidine rings is 1. The molecule has 2 aliphatic rings. The van der Waals surface area contributed by atoms with Crippen LogP contribution in [0.25, 0.3) is 11.2 Å². The zero-order valence-corrected chi connectivity index (χ0v) is 23.9. The van der Waals surface area contributed by atoms with Gasteiger partial charge in [0.05, 0.1) is 16.8 Å². The molecule has 1 saturated carbocycles. The fraction of sp³-hybridized carbons (Fsp3) is 0.516. The molecule has 1 aromatic carbocycles. The average Bonchev–Trinajstić information content (AvgIpc) is 3.49. The zero-order valence-electron chi connectivity index (χ0n) is 23.9. The van der Waals surface area contributed by atoms with Crippen molar-refractivity contribution in [2.45, 2.75) is 78.1 Å². The minimum absolute atomic E-state index is 0.00464. The molecule has 1 saturated heterocycles. The number of hydrogen-bond donors (Lipinski definition) is 0. The van der Waals surface area contributed by atoms with E-state index in [1.54, 1.807) is 18.6 Å². The Morgan fingerprint density at radius 2 is 1.93 bits per heavy atom. The molecule has 2 fully saturated rings. The van der Waals surface area contributed by atoms with Gasteiger partial charge in [-0.25, -0.2) is 4.79 Å². The van der Waals surface area contributed by atoms with Crippen LogP contribution in [-0.2, 0) is 19.3 Å². The number of hydrogen-bond acceptors (Lipinski definition) is 4. The molecule has 10 heteroatoms. The summed E-state index contributed by atoms with van der Waals surface area (Å²) in [6.45, 7) is 9.17. The van der Waals surface area contributed by atoms with E-state index in [4.69, 9.17) is 0 Å². The molecule has 4 heterocycles. The fourth-order valence-electron chi connectivity index (χ4n) is 6.70. The van der Waals surface area contributed by atoms with Crippen LogP contribution in [0.5, 0.6) is 0 Å². The van der Waals surface area contributed by atoms with Crippen molar-refractivity contribution in [2.24, 2.45) is 11.3 Å². The first-order chi connectivity index (χ1) is 19.5. The molecule has 1 aliphatic carbocycles. The van der Waals surface area contributed by atoms with Crippen LogP contribution in [0.2, 0.25) is 0 Å². The Labute approximate surface area is 237 Å². The van der Waals surface area contributed by atoms with Gasteiger partial charge in [0.2, 0.25) is 0 Å². The smallest absolute Gasteiger partial charge is 0.317 e. The van der Waals surface area contributed by atoms with Crippen LogP contribution < -0.4 is 5.69 Å². The Balaban J connectivity index is 1.42. The Kier molecular flexibility index (Phi) is 7.08. The third-order valence-electron chi connectivity index (χ3n) is 8.91. The summed E-state index contributed by atoms with van der Waals surface area (Å²) in [6.07, 6.45) is 5.45. The topological polar surface area (TPSA) is 60.4 Å². The molecule has 0 bridgehead atoms. The summed E-state index contributed by atoms with van der Waals surface area (Å²) in [5.74, 6) is 1.29. The maximum Gasteiger partial charge on any atom is 0.418 e. The van der Waals surface area contributed by atoms with Crippen molar-refractivity contribution in [1.29, 1.82) is 0 Å². The van der Waals surface area contributed by atoms with Crippen LogP contribution >= 0.6 is 0 Å². The first-order valence-corrected chi connectivity index (χ1v) is 14.6. The quantitative estimate of drug-likeness (QED) is 0.264. The Morgan fingerprint density at radius 3 is 2.61 bits per heavy atom. The summed E-state index contributed by atoms with van der Waals surface area (Å²) in [5, 5.41) is 8.58. The summed E-state index contributed by atoms with van der Waals surface area (Å²) in [6, 6.07) is 8.79.